The maximum atomic E-state index is 12.3. The second-order valence-electron chi connectivity index (χ2n) is 6.27. The Hall–Kier alpha value is -2.56. The second-order valence-corrected chi connectivity index (χ2v) is 6.27. The van der Waals surface area contributed by atoms with Crippen LogP contribution in [0.25, 0.3) is 0 Å². The number of aromatic nitrogens is 1. The lowest BCUT2D eigenvalue weighted by molar-refractivity contribution is 0.0949. The molecule has 132 valence electrons. The van der Waals surface area contributed by atoms with Gasteiger partial charge in [0.05, 0.1) is 19.0 Å². The molecule has 0 aliphatic carbocycles. The smallest absolute Gasteiger partial charge is 0.269 e. The average molecular weight is 339 g/mol. The van der Waals surface area contributed by atoms with E-state index in [2.05, 4.69) is 15.2 Å². The Labute approximate surface area is 149 Å². The standard InChI is InChI=1S/C20H25N3O2/c1-25-19-8-4-3-7-16(19)11-12-21-20(24)18-10-9-17(15-22-18)23-13-5-2-6-14-23/h3-4,7-10,15H,2,5-6,11-14H2,1H3,(H,21,24). The van der Waals surface area contributed by atoms with Crippen LogP contribution in [0.5, 0.6) is 5.75 Å². The summed E-state index contributed by atoms with van der Waals surface area (Å²) in [5, 5.41) is 2.93. The number of carbonyl (C=O) groups is 1. The van der Waals surface area contributed by atoms with Crippen LogP contribution in [0.15, 0.2) is 42.6 Å². The van der Waals surface area contributed by atoms with Gasteiger partial charge in [-0.1, -0.05) is 18.2 Å². The summed E-state index contributed by atoms with van der Waals surface area (Å²) in [6.07, 6.45) is 6.29. The molecule has 1 amide bonds. The summed E-state index contributed by atoms with van der Waals surface area (Å²) in [5.74, 6) is 0.709. The minimum absolute atomic E-state index is 0.139. The van der Waals surface area contributed by atoms with Gasteiger partial charge in [0.25, 0.3) is 5.91 Å². The third kappa shape index (κ3) is 4.50. The van der Waals surface area contributed by atoms with Crippen molar-refractivity contribution < 1.29 is 9.53 Å². The van der Waals surface area contributed by atoms with Crippen LogP contribution in [0.3, 0.4) is 0 Å². The second kappa shape index (κ2) is 8.51. The Kier molecular flexibility index (Phi) is 5.88. The molecule has 1 N–H and O–H groups in total. The molecule has 25 heavy (non-hydrogen) atoms. The monoisotopic (exact) mass is 339 g/mol. The molecular weight excluding hydrogens is 314 g/mol. The molecule has 5 nitrogen and oxygen atoms in total. The highest BCUT2D eigenvalue weighted by atomic mass is 16.5. The van der Waals surface area contributed by atoms with E-state index in [9.17, 15) is 4.79 Å². The Morgan fingerprint density at radius 1 is 1.16 bits per heavy atom. The van der Waals surface area contributed by atoms with Crippen molar-refractivity contribution >= 4 is 11.6 Å². The minimum Gasteiger partial charge on any atom is -0.496 e. The van der Waals surface area contributed by atoms with Gasteiger partial charge in [0, 0.05) is 19.6 Å². The van der Waals surface area contributed by atoms with Crippen molar-refractivity contribution in [2.24, 2.45) is 0 Å². The topological polar surface area (TPSA) is 54.5 Å². The number of benzene rings is 1. The highest BCUT2D eigenvalue weighted by molar-refractivity contribution is 5.92. The van der Waals surface area contributed by atoms with Gasteiger partial charge in [0.15, 0.2) is 0 Å². The minimum atomic E-state index is -0.139. The van der Waals surface area contributed by atoms with Crippen molar-refractivity contribution in [2.45, 2.75) is 25.7 Å². The van der Waals surface area contributed by atoms with Crippen molar-refractivity contribution in [3.8, 4) is 5.75 Å². The molecular formula is C20H25N3O2. The fourth-order valence-electron chi connectivity index (χ4n) is 3.17. The van der Waals surface area contributed by atoms with Gasteiger partial charge >= 0.3 is 0 Å². The number of hydrogen-bond acceptors (Lipinski definition) is 4. The van der Waals surface area contributed by atoms with Crippen molar-refractivity contribution in [2.75, 3.05) is 31.6 Å². The highest BCUT2D eigenvalue weighted by Gasteiger charge is 2.13. The normalized spacial score (nSPS) is 14.2. The van der Waals surface area contributed by atoms with Gasteiger partial charge in [-0.25, -0.2) is 4.98 Å². The van der Waals surface area contributed by atoms with Crippen molar-refractivity contribution in [1.29, 1.82) is 0 Å². The van der Waals surface area contributed by atoms with E-state index < -0.39 is 0 Å². The lowest BCUT2D eigenvalue weighted by Crippen LogP contribution is -2.30. The molecule has 0 radical (unpaired) electrons. The summed E-state index contributed by atoms with van der Waals surface area (Å²) >= 11 is 0. The Bertz CT molecular complexity index is 694. The van der Waals surface area contributed by atoms with E-state index in [1.54, 1.807) is 13.3 Å². The first-order chi connectivity index (χ1) is 12.3. The number of nitrogens with zero attached hydrogens (tertiary/aromatic N) is 2. The number of amides is 1. The van der Waals surface area contributed by atoms with Crippen LogP contribution in [0.1, 0.15) is 35.3 Å². The number of pyridine rings is 1. The van der Waals surface area contributed by atoms with E-state index in [4.69, 9.17) is 4.74 Å². The maximum Gasteiger partial charge on any atom is 0.269 e. The number of piperidine rings is 1. The molecule has 0 bridgehead atoms. The Morgan fingerprint density at radius 2 is 1.96 bits per heavy atom. The predicted molar refractivity (Wildman–Crippen MR) is 99.3 cm³/mol. The van der Waals surface area contributed by atoms with Crippen LogP contribution in [-0.2, 0) is 6.42 Å². The van der Waals surface area contributed by atoms with Crippen molar-refractivity contribution in [3.05, 3.63) is 53.9 Å². The molecule has 2 aromatic rings. The van der Waals surface area contributed by atoms with Gasteiger partial charge in [0.1, 0.15) is 11.4 Å². The van der Waals surface area contributed by atoms with Gasteiger partial charge in [-0.3, -0.25) is 4.79 Å². The molecule has 1 aliphatic rings. The van der Waals surface area contributed by atoms with Crippen LogP contribution >= 0.6 is 0 Å². The first-order valence-electron chi connectivity index (χ1n) is 8.89. The molecule has 0 spiro atoms. The van der Waals surface area contributed by atoms with E-state index in [0.717, 1.165) is 36.5 Å². The maximum absolute atomic E-state index is 12.3. The zero-order valence-electron chi connectivity index (χ0n) is 14.7. The third-order valence-electron chi connectivity index (χ3n) is 4.57. The van der Waals surface area contributed by atoms with Gasteiger partial charge in [-0.05, 0) is 49.4 Å². The number of ether oxygens (including phenoxy) is 1. The van der Waals surface area contributed by atoms with E-state index in [-0.39, 0.29) is 5.91 Å². The zero-order valence-corrected chi connectivity index (χ0v) is 14.7. The van der Waals surface area contributed by atoms with Crippen LogP contribution in [0.4, 0.5) is 5.69 Å². The van der Waals surface area contributed by atoms with Crippen molar-refractivity contribution in [3.63, 3.8) is 0 Å². The Balaban J connectivity index is 1.52. The van der Waals surface area contributed by atoms with E-state index in [1.165, 1.54) is 19.3 Å². The van der Waals surface area contributed by atoms with E-state index >= 15 is 0 Å². The quantitative estimate of drug-likeness (QED) is 0.879. The molecule has 3 rings (SSSR count). The Morgan fingerprint density at radius 3 is 2.68 bits per heavy atom. The first kappa shape index (κ1) is 17.3. The van der Waals surface area contributed by atoms with E-state index in [1.807, 2.05) is 36.4 Å². The number of carbonyl (C=O) groups excluding carboxylic acids is 1. The number of nitrogens with one attached hydrogen (secondary N) is 1. The highest BCUT2D eigenvalue weighted by Crippen LogP contribution is 2.19. The lowest BCUT2D eigenvalue weighted by atomic mass is 10.1. The third-order valence-corrected chi connectivity index (χ3v) is 4.57. The molecule has 1 fully saturated rings. The predicted octanol–water partition coefficient (Wildman–Crippen LogP) is 3.05. The molecule has 5 heteroatoms. The summed E-state index contributed by atoms with van der Waals surface area (Å²) in [6, 6.07) is 11.7. The molecule has 0 atom stereocenters. The number of methoxy groups -OCH3 is 1. The number of anilines is 1. The number of hydrogen-bond donors (Lipinski definition) is 1. The van der Waals surface area contributed by atoms with Gasteiger partial charge in [0.2, 0.25) is 0 Å². The lowest BCUT2D eigenvalue weighted by Gasteiger charge is -2.28. The summed E-state index contributed by atoms with van der Waals surface area (Å²) in [7, 11) is 1.66. The molecule has 0 saturated carbocycles. The zero-order chi connectivity index (χ0) is 17.5. The summed E-state index contributed by atoms with van der Waals surface area (Å²) in [6.45, 7) is 2.70. The van der Waals surface area contributed by atoms with Crippen LogP contribution in [0, 0.1) is 0 Å². The van der Waals surface area contributed by atoms with Gasteiger partial charge in [-0.15, -0.1) is 0 Å². The first-order valence-corrected chi connectivity index (χ1v) is 8.89. The summed E-state index contributed by atoms with van der Waals surface area (Å²) in [5.41, 5.74) is 2.64. The summed E-state index contributed by atoms with van der Waals surface area (Å²) < 4.78 is 5.33. The van der Waals surface area contributed by atoms with Gasteiger partial charge in [-0.2, -0.15) is 0 Å². The largest absolute Gasteiger partial charge is 0.496 e. The summed E-state index contributed by atoms with van der Waals surface area (Å²) in [4.78, 5) is 18.9. The van der Waals surface area contributed by atoms with Crippen molar-refractivity contribution in [1.82, 2.24) is 10.3 Å². The number of para-hydroxylation sites is 1. The molecule has 1 aliphatic heterocycles. The SMILES string of the molecule is COc1ccccc1CCNC(=O)c1ccc(N2CCCCC2)cn1. The molecule has 0 unspecified atom stereocenters. The fourth-order valence-corrected chi connectivity index (χ4v) is 3.17. The molecule has 1 saturated heterocycles. The molecule has 2 heterocycles. The van der Waals surface area contributed by atoms with Crippen LogP contribution in [-0.4, -0.2) is 37.6 Å². The van der Waals surface area contributed by atoms with Crippen LogP contribution in [0.2, 0.25) is 0 Å². The van der Waals surface area contributed by atoms with Gasteiger partial charge < -0.3 is 15.0 Å². The average Bonchev–Trinajstić information content (AvgIpc) is 2.69. The molecule has 1 aromatic heterocycles. The van der Waals surface area contributed by atoms with Crippen LogP contribution < -0.4 is 15.0 Å². The number of rotatable bonds is 6. The fraction of sp³-hybridized carbons (Fsp3) is 0.400. The molecule has 1 aromatic carbocycles. The van der Waals surface area contributed by atoms with E-state index in [0.29, 0.717) is 12.2 Å².